The molecule has 0 aliphatic heterocycles. The van der Waals surface area contributed by atoms with Crippen molar-refractivity contribution in [3.63, 3.8) is 0 Å². The fourth-order valence-electron chi connectivity index (χ4n) is 2.47. The molecule has 4 heteroatoms. The molecular weight excluding hydrogens is 250 g/mol. The first kappa shape index (κ1) is 19.4. The van der Waals surface area contributed by atoms with E-state index in [1.807, 2.05) is 13.8 Å². The lowest BCUT2D eigenvalue weighted by Gasteiger charge is -2.30. The van der Waals surface area contributed by atoms with Gasteiger partial charge in [0.15, 0.2) is 0 Å². The van der Waals surface area contributed by atoms with Crippen molar-refractivity contribution in [2.75, 3.05) is 13.1 Å². The van der Waals surface area contributed by atoms with Crippen molar-refractivity contribution in [3.8, 4) is 0 Å². The minimum absolute atomic E-state index is 0.0836. The van der Waals surface area contributed by atoms with Crippen molar-refractivity contribution in [2.24, 2.45) is 11.7 Å². The third kappa shape index (κ3) is 8.54. The average Bonchev–Trinajstić information content (AvgIpc) is 2.32. The normalized spacial score (nSPS) is 14.9. The maximum Gasteiger partial charge on any atom is 0.222 e. The van der Waals surface area contributed by atoms with Crippen LogP contribution in [0.3, 0.4) is 0 Å². The minimum Gasteiger partial charge on any atom is -0.355 e. The summed E-state index contributed by atoms with van der Waals surface area (Å²) in [5.41, 5.74) is 5.72. The van der Waals surface area contributed by atoms with Crippen molar-refractivity contribution in [1.82, 2.24) is 10.2 Å². The van der Waals surface area contributed by atoms with Gasteiger partial charge < -0.3 is 11.1 Å². The molecule has 0 aromatic carbocycles. The predicted octanol–water partition coefficient (Wildman–Crippen LogP) is 2.38. The third-order valence-corrected chi connectivity index (χ3v) is 3.74. The zero-order valence-corrected chi connectivity index (χ0v) is 14.3. The lowest BCUT2D eigenvalue weighted by atomic mass is 10.0. The molecule has 2 unspecified atom stereocenters. The Morgan fingerprint density at radius 2 is 1.60 bits per heavy atom. The molecule has 1 amide bonds. The SMILES string of the molecule is CC(N)CCCC(C)C(=O)NCCN(C(C)C)C(C)C. The van der Waals surface area contributed by atoms with Gasteiger partial charge in [-0.2, -0.15) is 0 Å². The third-order valence-electron chi connectivity index (χ3n) is 3.74. The van der Waals surface area contributed by atoms with Crippen LogP contribution in [0, 0.1) is 5.92 Å². The second kappa shape index (κ2) is 10.2. The highest BCUT2D eigenvalue weighted by Crippen LogP contribution is 2.09. The molecule has 0 fully saturated rings. The first-order chi connectivity index (χ1) is 9.25. The predicted molar refractivity (Wildman–Crippen MR) is 86.7 cm³/mol. The Balaban J connectivity index is 3.91. The van der Waals surface area contributed by atoms with E-state index < -0.39 is 0 Å². The van der Waals surface area contributed by atoms with Crippen molar-refractivity contribution in [2.45, 2.75) is 78.9 Å². The van der Waals surface area contributed by atoms with Gasteiger partial charge in [0.25, 0.3) is 0 Å². The maximum atomic E-state index is 12.0. The summed E-state index contributed by atoms with van der Waals surface area (Å²) in [5, 5.41) is 3.05. The van der Waals surface area contributed by atoms with Crippen LogP contribution < -0.4 is 11.1 Å². The topological polar surface area (TPSA) is 58.4 Å². The number of nitrogens with one attached hydrogen (secondary N) is 1. The number of carbonyl (C=O) groups excluding carboxylic acids is 1. The lowest BCUT2D eigenvalue weighted by molar-refractivity contribution is -0.124. The number of hydrogen-bond donors (Lipinski definition) is 2. The minimum atomic E-state index is 0.0836. The molecule has 0 rings (SSSR count). The van der Waals surface area contributed by atoms with Crippen molar-refractivity contribution < 1.29 is 4.79 Å². The smallest absolute Gasteiger partial charge is 0.222 e. The van der Waals surface area contributed by atoms with Crippen LogP contribution in [-0.2, 0) is 4.79 Å². The summed E-state index contributed by atoms with van der Waals surface area (Å²) >= 11 is 0. The molecule has 20 heavy (non-hydrogen) atoms. The van der Waals surface area contributed by atoms with E-state index in [0.29, 0.717) is 12.1 Å². The van der Waals surface area contributed by atoms with Crippen LogP contribution in [0.2, 0.25) is 0 Å². The number of carbonyl (C=O) groups is 1. The van der Waals surface area contributed by atoms with Gasteiger partial charge in [0.05, 0.1) is 0 Å². The molecule has 0 heterocycles. The quantitative estimate of drug-likeness (QED) is 0.648. The summed E-state index contributed by atoms with van der Waals surface area (Å²) in [5.74, 6) is 0.252. The second-order valence-corrected chi connectivity index (χ2v) is 6.53. The summed E-state index contributed by atoms with van der Waals surface area (Å²) in [6.45, 7) is 14.4. The number of rotatable bonds is 10. The molecule has 0 bridgehead atoms. The van der Waals surface area contributed by atoms with Crippen LogP contribution in [0.25, 0.3) is 0 Å². The molecule has 0 radical (unpaired) electrons. The lowest BCUT2D eigenvalue weighted by Crippen LogP contribution is -2.43. The largest absolute Gasteiger partial charge is 0.355 e. The van der Waals surface area contributed by atoms with Crippen LogP contribution in [0.5, 0.6) is 0 Å². The van der Waals surface area contributed by atoms with Gasteiger partial charge in [0.2, 0.25) is 5.91 Å². The Bertz CT molecular complexity index is 256. The van der Waals surface area contributed by atoms with E-state index >= 15 is 0 Å². The number of hydrogen-bond acceptors (Lipinski definition) is 3. The first-order valence-electron chi connectivity index (χ1n) is 8.04. The molecule has 0 spiro atoms. The number of nitrogens with two attached hydrogens (primary N) is 1. The molecule has 0 saturated carbocycles. The van der Waals surface area contributed by atoms with E-state index in [1.54, 1.807) is 0 Å². The van der Waals surface area contributed by atoms with Crippen molar-refractivity contribution >= 4 is 5.91 Å². The van der Waals surface area contributed by atoms with E-state index in [1.165, 1.54) is 0 Å². The van der Waals surface area contributed by atoms with Crippen LogP contribution in [-0.4, -0.2) is 42.0 Å². The highest BCUT2D eigenvalue weighted by molar-refractivity contribution is 5.78. The molecule has 120 valence electrons. The van der Waals surface area contributed by atoms with Crippen molar-refractivity contribution in [1.29, 1.82) is 0 Å². The van der Waals surface area contributed by atoms with E-state index in [0.717, 1.165) is 32.4 Å². The Kier molecular flexibility index (Phi) is 9.86. The zero-order valence-electron chi connectivity index (χ0n) is 14.3. The van der Waals surface area contributed by atoms with Gasteiger partial charge in [-0.05, 0) is 47.5 Å². The molecule has 0 aliphatic rings. The van der Waals surface area contributed by atoms with E-state index in [9.17, 15) is 4.79 Å². The number of amides is 1. The summed E-state index contributed by atoms with van der Waals surface area (Å²) in [6.07, 6.45) is 2.94. The molecular formula is C16H35N3O. The van der Waals surface area contributed by atoms with E-state index in [-0.39, 0.29) is 17.9 Å². The summed E-state index contributed by atoms with van der Waals surface area (Å²) in [7, 11) is 0. The summed E-state index contributed by atoms with van der Waals surface area (Å²) < 4.78 is 0. The average molecular weight is 285 g/mol. The van der Waals surface area contributed by atoms with Crippen LogP contribution in [0.4, 0.5) is 0 Å². The second-order valence-electron chi connectivity index (χ2n) is 6.53. The Morgan fingerprint density at radius 1 is 1.05 bits per heavy atom. The van der Waals surface area contributed by atoms with Crippen LogP contribution in [0.1, 0.15) is 60.8 Å². The summed E-state index contributed by atoms with van der Waals surface area (Å²) in [6, 6.07) is 1.25. The fraction of sp³-hybridized carbons (Fsp3) is 0.938. The molecule has 0 aromatic rings. The van der Waals surface area contributed by atoms with Crippen LogP contribution >= 0.6 is 0 Å². The molecule has 0 aliphatic carbocycles. The fourth-order valence-corrected chi connectivity index (χ4v) is 2.47. The number of nitrogens with zero attached hydrogens (tertiary/aromatic N) is 1. The van der Waals surface area contributed by atoms with E-state index in [2.05, 4.69) is 37.9 Å². The monoisotopic (exact) mass is 285 g/mol. The van der Waals surface area contributed by atoms with Gasteiger partial charge in [-0.3, -0.25) is 9.69 Å². The molecule has 4 nitrogen and oxygen atoms in total. The van der Waals surface area contributed by atoms with Gasteiger partial charge >= 0.3 is 0 Å². The van der Waals surface area contributed by atoms with Gasteiger partial charge in [-0.25, -0.2) is 0 Å². The van der Waals surface area contributed by atoms with Gasteiger partial charge in [0, 0.05) is 37.1 Å². The zero-order chi connectivity index (χ0) is 15.7. The van der Waals surface area contributed by atoms with Gasteiger partial charge in [0.1, 0.15) is 0 Å². The Morgan fingerprint density at radius 3 is 2.05 bits per heavy atom. The molecule has 3 N–H and O–H groups in total. The van der Waals surface area contributed by atoms with Crippen molar-refractivity contribution in [3.05, 3.63) is 0 Å². The van der Waals surface area contributed by atoms with Gasteiger partial charge in [-0.1, -0.05) is 13.3 Å². The van der Waals surface area contributed by atoms with Crippen LogP contribution in [0.15, 0.2) is 0 Å². The maximum absolute atomic E-state index is 12.0. The summed E-state index contributed by atoms with van der Waals surface area (Å²) in [4.78, 5) is 14.4. The molecule has 0 aromatic heterocycles. The highest BCUT2D eigenvalue weighted by atomic mass is 16.1. The highest BCUT2D eigenvalue weighted by Gasteiger charge is 2.15. The standard InChI is InChI=1S/C16H35N3O/c1-12(2)19(13(3)4)11-10-18-16(20)14(5)8-7-9-15(6)17/h12-15H,7-11,17H2,1-6H3,(H,18,20). The van der Waals surface area contributed by atoms with Gasteiger partial charge in [-0.15, -0.1) is 0 Å². The molecule has 0 saturated heterocycles. The Hall–Kier alpha value is -0.610. The Labute approximate surface area is 125 Å². The first-order valence-corrected chi connectivity index (χ1v) is 8.04. The van der Waals surface area contributed by atoms with E-state index in [4.69, 9.17) is 5.73 Å². The molecule has 2 atom stereocenters.